The highest BCUT2D eigenvalue weighted by Gasteiger charge is 2.18. The Morgan fingerprint density at radius 3 is 2.25 bits per heavy atom. The molecule has 0 saturated heterocycles. The lowest BCUT2D eigenvalue weighted by molar-refractivity contribution is 0.567. The van der Waals surface area contributed by atoms with Crippen molar-refractivity contribution in [1.29, 1.82) is 0 Å². The summed E-state index contributed by atoms with van der Waals surface area (Å²) < 4.78 is 27.0. The van der Waals surface area contributed by atoms with Crippen LogP contribution in [-0.4, -0.2) is 8.42 Å². The van der Waals surface area contributed by atoms with E-state index in [2.05, 4.69) is 4.72 Å². The average Bonchev–Trinajstić information content (AvgIpc) is 2.42. The van der Waals surface area contributed by atoms with Gasteiger partial charge in [0, 0.05) is 6.04 Å². The van der Waals surface area contributed by atoms with Crippen molar-refractivity contribution in [2.75, 3.05) is 0 Å². The van der Waals surface area contributed by atoms with Gasteiger partial charge in [-0.3, -0.25) is 0 Å². The van der Waals surface area contributed by atoms with Crippen LogP contribution in [0.4, 0.5) is 0 Å². The van der Waals surface area contributed by atoms with Gasteiger partial charge in [-0.25, -0.2) is 13.1 Å². The molecule has 106 valence electrons. The van der Waals surface area contributed by atoms with E-state index in [9.17, 15) is 8.42 Å². The molecule has 2 rings (SSSR count). The maximum absolute atomic E-state index is 12.2. The molecule has 1 atom stereocenters. The molecular formula is C14H13Cl2NO2S. The highest BCUT2D eigenvalue weighted by molar-refractivity contribution is 7.89. The predicted octanol–water partition coefficient (Wildman–Crippen LogP) is 4.03. The van der Waals surface area contributed by atoms with Crippen LogP contribution in [0.3, 0.4) is 0 Å². The van der Waals surface area contributed by atoms with E-state index in [4.69, 9.17) is 23.2 Å². The van der Waals surface area contributed by atoms with Crippen molar-refractivity contribution in [3.8, 4) is 0 Å². The highest BCUT2D eigenvalue weighted by atomic mass is 35.5. The first-order chi connectivity index (χ1) is 9.40. The Bertz CT molecular complexity index is 702. The van der Waals surface area contributed by atoms with E-state index in [0.29, 0.717) is 10.0 Å². The van der Waals surface area contributed by atoms with Gasteiger partial charge in [0.15, 0.2) is 0 Å². The number of hydrogen-bond donors (Lipinski definition) is 1. The van der Waals surface area contributed by atoms with E-state index in [1.807, 2.05) is 0 Å². The molecule has 0 radical (unpaired) electrons. The molecule has 2 aromatic carbocycles. The molecule has 1 unspecified atom stereocenters. The summed E-state index contributed by atoms with van der Waals surface area (Å²) in [4.78, 5) is 0.229. The molecule has 2 aromatic rings. The quantitative estimate of drug-likeness (QED) is 0.920. The molecule has 1 N–H and O–H groups in total. The maximum atomic E-state index is 12.2. The fourth-order valence-electron chi connectivity index (χ4n) is 1.75. The maximum Gasteiger partial charge on any atom is 0.241 e. The van der Waals surface area contributed by atoms with Gasteiger partial charge in [0.2, 0.25) is 10.0 Å². The summed E-state index contributed by atoms with van der Waals surface area (Å²) >= 11 is 11.8. The minimum atomic E-state index is -3.56. The van der Waals surface area contributed by atoms with Crippen molar-refractivity contribution >= 4 is 33.2 Å². The van der Waals surface area contributed by atoms with Crippen LogP contribution in [0.5, 0.6) is 0 Å². The average molecular weight is 330 g/mol. The first-order valence-electron chi connectivity index (χ1n) is 5.92. The van der Waals surface area contributed by atoms with Crippen LogP contribution >= 0.6 is 23.2 Å². The Kier molecular flexibility index (Phi) is 4.70. The van der Waals surface area contributed by atoms with E-state index in [0.717, 1.165) is 5.56 Å². The Hall–Kier alpha value is -1.07. The highest BCUT2D eigenvalue weighted by Crippen LogP contribution is 2.26. The monoisotopic (exact) mass is 329 g/mol. The third-order valence-corrected chi connectivity index (χ3v) is 5.12. The third-order valence-electron chi connectivity index (χ3n) is 2.83. The first-order valence-corrected chi connectivity index (χ1v) is 8.16. The number of nitrogens with one attached hydrogen (secondary N) is 1. The molecule has 0 heterocycles. The summed E-state index contributed by atoms with van der Waals surface area (Å²) in [5, 5.41) is 0.837. The van der Waals surface area contributed by atoms with Crippen molar-refractivity contribution in [2.24, 2.45) is 0 Å². The summed E-state index contributed by atoms with van der Waals surface area (Å²) in [6.45, 7) is 1.75. The SMILES string of the molecule is CC(NS(=O)(=O)c1ccccc1)c1ccc(Cl)c(Cl)c1. The van der Waals surface area contributed by atoms with E-state index in [-0.39, 0.29) is 4.90 Å². The molecule has 0 spiro atoms. The number of halogens is 2. The molecular weight excluding hydrogens is 317 g/mol. The molecule has 0 fully saturated rings. The van der Waals surface area contributed by atoms with Crippen LogP contribution in [0, 0.1) is 0 Å². The van der Waals surface area contributed by atoms with Crippen molar-refractivity contribution in [3.05, 3.63) is 64.1 Å². The second-order valence-electron chi connectivity index (χ2n) is 4.33. The summed E-state index contributed by atoms with van der Waals surface area (Å²) in [6.07, 6.45) is 0. The molecule has 6 heteroatoms. The van der Waals surface area contributed by atoms with Crippen LogP contribution in [-0.2, 0) is 10.0 Å². The van der Waals surface area contributed by atoms with Crippen molar-refractivity contribution in [2.45, 2.75) is 17.9 Å². The largest absolute Gasteiger partial charge is 0.241 e. The van der Waals surface area contributed by atoms with Crippen LogP contribution in [0.15, 0.2) is 53.4 Å². The molecule has 0 saturated carbocycles. The molecule has 0 aromatic heterocycles. The number of benzene rings is 2. The standard InChI is InChI=1S/C14H13Cl2NO2S/c1-10(11-7-8-13(15)14(16)9-11)17-20(18,19)12-5-3-2-4-6-12/h2-10,17H,1H3. The lowest BCUT2D eigenvalue weighted by Gasteiger charge is -2.15. The molecule has 0 amide bonds. The Morgan fingerprint density at radius 2 is 1.65 bits per heavy atom. The van der Waals surface area contributed by atoms with Crippen LogP contribution in [0.2, 0.25) is 10.0 Å². The minimum Gasteiger partial charge on any atom is -0.207 e. The minimum absolute atomic E-state index is 0.229. The first kappa shape index (κ1) is 15.3. The second-order valence-corrected chi connectivity index (χ2v) is 6.86. The predicted molar refractivity (Wildman–Crippen MR) is 81.6 cm³/mol. The number of hydrogen-bond acceptors (Lipinski definition) is 2. The smallest absolute Gasteiger partial charge is 0.207 e. The molecule has 0 aliphatic carbocycles. The van der Waals surface area contributed by atoms with Gasteiger partial charge in [-0.05, 0) is 36.8 Å². The van der Waals surface area contributed by atoms with Gasteiger partial charge in [0.05, 0.1) is 14.9 Å². The molecule has 20 heavy (non-hydrogen) atoms. The van der Waals surface area contributed by atoms with Crippen LogP contribution in [0.25, 0.3) is 0 Å². The summed E-state index contributed by atoms with van der Waals surface area (Å²) in [5.74, 6) is 0. The van der Waals surface area contributed by atoms with E-state index in [1.165, 1.54) is 0 Å². The Labute approximate surface area is 128 Å². The topological polar surface area (TPSA) is 46.2 Å². The van der Waals surface area contributed by atoms with Crippen molar-refractivity contribution in [3.63, 3.8) is 0 Å². The van der Waals surface area contributed by atoms with Crippen LogP contribution < -0.4 is 4.72 Å². The number of rotatable bonds is 4. The third kappa shape index (κ3) is 3.52. The van der Waals surface area contributed by atoms with Crippen LogP contribution in [0.1, 0.15) is 18.5 Å². The fourth-order valence-corrected chi connectivity index (χ4v) is 3.31. The van der Waals surface area contributed by atoms with E-state index >= 15 is 0 Å². The van der Waals surface area contributed by atoms with Gasteiger partial charge >= 0.3 is 0 Å². The summed E-state index contributed by atoms with van der Waals surface area (Å²) in [5.41, 5.74) is 0.749. The Balaban J connectivity index is 2.23. The number of sulfonamides is 1. The lowest BCUT2D eigenvalue weighted by Crippen LogP contribution is -2.26. The molecule has 0 aliphatic rings. The van der Waals surface area contributed by atoms with Crippen molar-refractivity contribution < 1.29 is 8.42 Å². The summed E-state index contributed by atoms with van der Waals surface area (Å²) in [6, 6.07) is 12.8. The van der Waals surface area contributed by atoms with E-state index < -0.39 is 16.1 Å². The van der Waals surface area contributed by atoms with Gasteiger partial charge in [-0.15, -0.1) is 0 Å². The van der Waals surface area contributed by atoms with E-state index in [1.54, 1.807) is 55.5 Å². The molecule has 3 nitrogen and oxygen atoms in total. The molecule has 0 bridgehead atoms. The van der Waals surface area contributed by atoms with Gasteiger partial charge in [0.1, 0.15) is 0 Å². The van der Waals surface area contributed by atoms with Gasteiger partial charge in [-0.2, -0.15) is 0 Å². The van der Waals surface area contributed by atoms with Crippen molar-refractivity contribution in [1.82, 2.24) is 4.72 Å². The lowest BCUT2D eigenvalue weighted by atomic mass is 10.1. The van der Waals surface area contributed by atoms with Gasteiger partial charge in [0.25, 0.3) is 0 Å². The zero-order valence-corrected chi connectivity index (χ0v) is 13.0. The zero-order valence-electron chi connectivity index (χ0n) is 10.7. The van der Waals surface area contributed by atoms with Gasteiger partial charge < -0.3 is 0 Å². The van der Waals surface area contributed by atoms with Gasteiger partial charge in [-0.1, -0.05) is 47.5 Å². The Morgan fingerprint density at radius 1 is 1.00 bits per heavy atom. The normalized spacial score (nSPS) is 13.2. The molecule has 0 aliphatic heterocycles. The second kappa shape index (κ2) is 6.14. The summed E-state index contributed by atoms with van der Waals surface area (Å²) in [7, 11) is -3.56. The fraction of sp³-hybridized carbons (Fsp3) is 0.143. The zero-order chi connectivity index (χ0) is 14.8.